The Morgan fingerprint density at radius 2 is 1.79 bits per heavy atom. The predicted octanol–water partition coefficient (Wildman–Crippen LogP) is 3.75. The zero-order valence-corrected chi connectivity index (χ0v) is 20.1. The number of pyridine rings is 1. The first kappa shape index (κ1) is 24.7. The molecule has 0 fully saturated rings. The summed E-state index contributed by atoms with van der Waals surface area (Å²) in [4.78, 5) is 44.9. The molecular weight excluding hydrogens is 434 g/mol. The summed E-state index contributed by atoms with van der Waals surface area (Å²) in [5.74, 6) is -0.400. The summed E-state index contributed by atoms with van der Waals surface area (Å²) in [5, 5.41) is 0. The number of hydrogen-bond donors (Lipinski definition) is 0. The summed E-state index contributed by atoms with van der Waals surface area (Å²) in [6.45, 7) is 5.52. The van der Waals surface area contributed by atoms with E-state index < -0.39 is 5.97 Å². The van der Waals surface area contributed by atoms with Crippen LogP contribution in [-0.4, -0.2) is 52.4 Å². The number of carbonyl (C=O) groups excluding carboxylic acids is 3. The molecule has 3 rings (SSSR count). The second-order valence-corrected chi connectivity index (χ2v) is 7.89. The van der Waals surface area contributed by atoms with E-state index in [2.05, 4.69) is 4.98 Å². The van der Waals surface area contributed by atoms with Gasteiger partial charge in [-0.2, -0.15) is 0 Å². The number of methoxy groups -OCH3 is 1. The smallest absolute Gasteiger partial charge is 0.355 e. The molecule has 0 aliphatic rings. The van der Waals surface area contributed by atoms with E-state index in [1.54, 1.807) is 82.2 Å². The molecule has 0 aliphatic heterocycles. The molecular formula is C26H29N3O5. The molecule has 2 heterocycles. The second kappa shape index (κ2) is 10.8. The molecule has 8 nitrogen and oxygen atoms in total. The number of ketones is 1. The molecule has 0 radical (unpaired) electrons. The highest BCUT2D eigenvalue weighted by atomic mass is 16.5. The maximum absolute atomic E-state index is 13.5. The van der Waals surface area contributed by atoms with Crippen molar-refractivity contribution in [2.75, 3.05) is 20.3 Å². The van der Waals surface area contributed by atoms with Gasteiger partial charge in [0.1, 0.15) is 11.4 Å². The van der Waals surface area contributed by atoms with Crippen LogP contribution in [0.3, 0.4) is 0 Å². The molecule has 0 aliphatic carbocycles. The quantitative estimate of drug-likeness (QED) is 0.355. The number of aromatic nitrogens is 2. The van der Waals surface area contributed by atoms with Crippen molar-refractivity contribution in [1.82, 2.24) is 14.5 Å². The van der Waals surface area contributed by atoms with Crippen molar-refractivity contribution >= 4 is 17.7 Å². The number of amides is 1. The molecule has 2 aromatic heterocycles. The standard InChI is InChI=1S/C26H29N3O5/c1-6-34-26(32)24-17(2)23(18(3)28(24)4)22(30)16-29(15-19-8-7-13-27-14-19)25(31)20-9-11-21(33-5)12-10-20/h7-14H,6,15-16H2,1-5H3. The van der Waals surface area contributed by atoms with Gasteiger partial charge in [-0.3, -0.25) is 14.6 Å². The van der Waals surface area contributed by atoms with E-state index in [4.69, 9.17) is 9.47 Å². The molecule has 0 bridgehead atoms. The number of ether oxygens (including phenoxy) is 2. The third-order valence-electron chi connectivity index (χ3n) is 5.73. The van der Waals surface area contributed by atoms with Crippen LogP contribution < -0.4 is 4.74 Å². The van der Waals surface area contributed by atoms with E-state index in [0.29, 0.717) is 33.8 Å². The summed E-state index contributed by atoms with van der Waals surface area (Å²) < 4.78 is 12.0. The average molecular weight is 464 g/mol. The van der Waals surface area contributed by atoms with E-state index in [-0.39, 0.29) is 31.4 Å². The topological polar surface area (TPSA) is 90.7 Å². The molecule has 3 aromatic rings. The van der Waals surface area contributed by atoms with Gasteiger partial charge in [-0.05, 0) is 62.2 Å². The largest absolute Gasteiger partial charge is 0.497 e. The Balaban J connectivity index is 1.94. The summed E-state index contributed by atoms with van der Waals surface area (Å²) in [5.41, 5.74) is 3.18. The number of rotatable bonds is 9. The zero-order valence-electron chi connectivity index (χ0n) is 20.1. The molecule has 0 atom stereocenters. The monoisotopic (exact) mass is 463 g/mol. The third-order valence-corrected chi connectivity index (χ3v) is 5.73. The molecule has 0 N–H and O–H groups in total. The summed E-state index contributed by atoms with van der Waals surface area (Å²) >= 11 is 0. The number of hydrogen-bond acceptors (Lipinski definition) is 6. The van der Waals surface area contributed by atoms with Crippen LogP contribution in [0.4, 0.5) is 0 Å². The molecule has 0 saturated heterocycles. The second-order valence-electron chi connectivity index (χ2n) is 7.89. The number of carbonyl (C=O) groups is 3. The highest BCUT2D eigenvalue weighted by molar-refractivity contribution is 6.06. The van der Waals surface area contributed by atoms with Gasteiger partial charge in [-0.15, -0.1) is 0 Å². The number of benzene rings is 1. The van der Waals surface area contributed by atoms with Gasteiger partial charge in [-0.25, -0.2) is 4.79 Å². The van der Waals surface area contributed by atoms with Crippen LogP contribution in [-0.2, 0) is 18.3 Å². The predicted molar refractivity (Wildman–Crippen MR) is 127 cm³/mol. The van der Waals surface area contributed by atoms with Crippen LogP contribution in [0.5, 0.6) is 5.75 Å². The SMILES string of the molecule is CCOC(=O)c1c(C)c(C(=O)CN(Cc2cccnc2)C(=O)c2ccc(OC)cc2)c(C)n1C. The van der Waals surface area contributed by atoms with Crippen molar-refractivity contribution in [2.45, 2.75) is 27.3 Å². The summed E-state index contributed by atoms with van der Waals surface area (Å²) in [7, 11) is 3.28. The Labute approximate surface area is 199 Å². The van der Waals surface area contributed by atoms with Crippen molar-refractivity contribution in [3.8, 4) is 5.75 Å². The van der Waals surface area contributed by atoms with Gasteiger partial charge in [0.15, 0.2) is 5.78 Å². The van der Waals surface area contributed by atoms with E-state index in [0.717, 1.165) is 5.56 Å². The van der Waals surface area contributed by atoms with E-state index in [1.165, 1.54) is 4.90 Å². The molecule has 8 heteroatoms. The minimum Gasteiger partial charge on any atom is -0.497 e. The molecule has 0 saturated carbocycles. The lowest BCUT2D eigenvalue weighted by molar-refractivity contribution is 0.0514. The minimum absolute atomic E-state index is 0.159. The van der Waals surface area contributed by atoms with Gasteiger partial charge in [0.2, 0.25) is 0 Å². The first-order valence-electron chi connectivity index (χ1n) is 11.0. The normalized spacial score (nSPS) is 10.6. The Morgan fingerprint density at radius 3 is 2.38 bits per heavy atom. The van der Waals surface area contributed by atoms with E-state index >= 15 is 0 Å². The Bertz CT molecular complexity index is 1180. The van der Waals surface area contributed by atoms with Gasteiger partial charge in [0.05, 0.1) is 20.3 Å². The highest BCUT2D eigenvalue weighted by Crippen LogP contribution is 2.24. The molecule has 0 spiro atoms. The fraction of sp³-hybridized carbons (Fsp3) is 0.308. The first-order chi connectivity index (χ1) is 16.3. The summed E-state index contributed by atoms with van der Waals surface area (Å²) in [6.07, 6.45) is 3.31. The van der Waals surface area contributed by atoms with Crippen molar-refractivity contribution in [3.63, 3.8) is 0 Å². The molecule has 0 unspecified atom stereocenters. The van der Waals surface area contributed by atoms with Crippen molar-refractivity contribution in [2.24, 2.45) is 7.05 Å². The highest BCUT2D eigenvalue weighted by Gasteiger charge is 2.28. The number of esters is 1. The summed E-state index contributed by atoms with van der Waals surface area (Å²) in [6, 6.07) is 10.4. The molecule has 1 amide bonds. The lowest BCUT2D eigenvalue weighted by Gasteiger charge is -2.22. The average Bonchev–Trinajstić information content (AvgIpc) is 3.06. The fourth-order valence-corrected chi connectivity index (χ4v) is 3.96. The van der Waals surface area contributed by atoms with Crippen molar-refractivity contribution in [3.05, 3.63) is 82.4 Å². The zero-order chi connectivity index (χ0) is 24.8. The Hall–Kier alpha value is -3.94. The van der Waals surface area contributed by atoms with Crippen LogP contribution >= 0.6 is 0 Å². The van der Waals surface area contributed by atoms with Gasteiger partial charge < -0.3 is 18.9 Å². The van der Waals surface area contributed by atoms with Crippen molar-refractivity contribution < 1.29 is 23.9 Å². The first-order valence-corrected chi connectivity index (χ1v) is 11.0. The lowest BCUT2D eigenvalue weighted by Crippen LogP contribution is -2.35. The van der Waals surface area contributed by atoms with Crippen LogP contribution in [0, 0.1) is 13.8 Å². The maximum atomic E-state index is 13.5. The van der Waals surface area contributed by atoms with Gasteiger partial charge >= 0.3 is 5.97 Å². The van der Waals surface area contributed by atoms with E-state index in [1.807, 2.05) is 6.07 Å². The molecule has 1 aromatic carbocycles. The maximum Gasteiger partial charge on any atom is 0.355 e. The van der Waals surface area contributed by atoms with Crippen LogP contribution in [0.25, 0.3) is 0 Å². The minimum atomic E-state index is -0.480. The van der Waals surface area contributed by atoms with Gasteiger partial charge in [0, 0.05) is 42.8 Å². The van der Waals surface area contributed by atoms with Crippen LogP contribution in [0.1, 0.15) is 54.9 Å². The van der Waals surface area contributed by atoms with Gasteiger partial charge in [-0.1, -0.05) is 6.07 Å². The third kappa shape index (κ3) is 5.17. The van der Waals surface area contributed by atoms with Crippen molar-refractivity contribution in [1.29, 1.82) is 0 Å². The Kier molecular flexibility index (Phi) is 7.83. The number of nitrogens with zero attached hydrogens (tertiary/aromatic N) is 3. The van der Waals surface area contributed by atoms with Gasteiger partial charge in [0.25, 0.3) is 5.91 Å². The van der Waals surface area contributed by atoms with E-state index in [9.17, 15) is 14.4 Å². The fourth-order valence-electron chi connectivity index (χ4n) is 3.96. The molecule has 34 heavy (non-hydrogen) atoms. The van der Waals surface area contributed by atoms with Crippen LogP contribution in [0.15, 0.2) is 48.8 Å². The Morgan fingerprint density at radius 1 is 1.09 bits per heavy atom. The lowest BCUT2D eigenvalue weighted by atomic mass is 10.0. The van der Waals surface area contributed by atoms with Crippen LogP contribution in [0.2, 0.25) is 0 Å². The number of Topliss-reactive ketones (excluding diaryl/α,β-unsaturated/α-hetero) is 1. The molecule has 178 valence electrons.